The number of hydrogen-bond donors (Lipinski definition) is 1. The van der Waals surface area contributed by atoms with Gasteiger partial charge < -0.3 is 5.32 Å². The smallest absolute Gasteiger partial charge is 0.266 e. The van der Waals surface area contributed by atoms with Gasteiger partial charge in [0.15, 0.2) is 0 Å². The highest BCUT2D eigenvalue weighted by atomic mass is 32.1. The van der Waals surface area contributed by atoms with E-state index in [9.17, 15) is 4.79 Å². The third-order valence-electron chi connectivity index (χ3n) is 3.87. The molecule has 0 atom stereocenters. The summed E-state index contributed by atoms with van der Waals surface area (Å²) in [5.41, 5.74) is 3.22. The molecular formula is C18H14N2OS3. The molecule has 4 rings (SSSR count). The average Bonchev–Trinajstić information content (AvgIpc) is 3.28. The first kappa shape index (κ1) is 15.5. The second-order valence-electron chi connectivity index (χ2n) is 5.41. The van der Waals surface area contributed by atoms with Crippen molar-refractivity contribution in [2.75, 3.05) is 5.32 Å². The summed E-state index contributed by atoms with van der Waals surface area (Å²) in [6.45, 7) is 4.17. The maximum atomic E-state index is 12.4. The van der Waals surface area contributed by atoms with Crippen molar-refractivity contribution in [1.82, 2.24) is 4.98 Å². The quantitative estimate of drug-likeness (QED) is 0.484. The van der Waals surface area contributed by atoms with Gasteiger partial charge in [-0.2, -0.15) is 0 Å². The Morgan fingerprint density at radius 1 is 1.08 bits per heavy atom. The van der Waals surface area contributed by atoms with Crippen molar-refractivity contribution in [2.45, 2.75) is 13.8 Å². The van der Waals surface area contributed by atoms with E-state index in [1.807, 2.05) is 35.7 Å². The molecule has 24 heavy (non-hydrogen) atoms. The molecular weight excluding hydrogens is 356 g/mol. The Hall–Kier alpha value is -2.02. The molecule has 0 aliphatic heterocycles. The minimum Gasteiger partial charge on any atom is -0.312 e. The maximum absolute atomic E-state index is 12.4. The molecule has 3 nitrogen and oxygen atoms in total. The number of aromatic nitrogens is 1. The number of nitrogens with zero attached hydrogens (tertiary/aromatic N) is 1. The SMILES string of the molecule is Cc1sc(NC(=O)c2cccs2)c(-c2nc3ccccc3s2)c1C. The maximum Gasteiger partial charge on any atom is 0.266 e. The number of anilines is 1. The number of thiophene rings is 2. The summed E-state index contributed by atoms with van der Waals surface area (Å²) in [6.07, 6.45) is 0. The molecule has 1 amide bonds. The van der Waals surface area contributed by atoms with Gasteiger partial charge in [0.05, 0.1) is 15.1 Å². The molecule has 0 saturated heterocycles. The average molecular weight is 371 g/mol. The van der Waals surface area contributed by atoms with Gasteiger partial charge in [0.2, 0.25) is 0 Å². The fourth-order valence-electron chi connectivity index (χ4n) is 2.52. The Balaban J connectivity index is 1.78. The van der Waals surface area contributed by atoms with Crippen LogP contribution in [-0.4, -0.2) is 10.9 Å². The minimum atomic E-state index is -0.0615. The zero-order chi connectivity index (χ0) is 16.7. The highest BCUT2D eigenvalue weighted by Gasteiger charge is 2.20. The van der Waals surface area contributed by atoms with Crippen molar-refractivity contribution >= 4 is 55.1 Å². The molecule has 0 saturated carbocycles. The number of para-hydroxylation sites is 1. The van der Waals surface area contributed by atoms with E-state index in [2.05, 4.69) is 25.2 Å². The van der Waals surface area contributed by atoms with Crippen LogP contribution in [0.4, 0.5) is 5.00 Å². The Morgan fingerprint density at radius 3 is 2.67 bits per heavy atom. The summed E-state index contributed by atoms with van der Waals surface area (Å²) >= 11 is 4.72. The zero-order valence-electron chi connectivity index (χ0n) is 13.1. The lowest BCUT2D eigenvalue weighted by Crippen LogP contribution is -2.09. The molecule has 4 aromatic rings. The number of rotatable bonds is 3. The van der Waals surface area contributed by atoms with Gasteiger partial charge in [0.25, 0.3) is 5.91 Å². The molecule has 3 heterocycles. The van der Waals surface area contributed by atoms with E-state index in [1.165, 1.54) is 21.8 Å². The Morgan fingerprint density at radius 2 is 1.92 bits per heavy atom. The van der Waals surface area contributed by atoms with Crippen molar-refractivity contribution in [3.63, 3.8) is 0 Å². The zero-order valence-corrected chi connectivity index (χ0v) is 15.6. The van der Waals surface area contributed by atoms with Crippen LogP contribution in [0.1, 0.15) is 20.1 Å². The van der Waals surface area contributed by atoms with E-state index in [0.717, 1.165) is 25.8 Å². The fourth-order valence-corrected chi connectivity index (χ4v) is 5.34. The van der Waals surface area contributed by atoms with Crippen LogP contribution in [0.5, 0.6) is 0 Å². The van der Waals surface area contributed by atoms with Crippen LogP contribution >= 0.6 is 34.0 Å². The normalized spacial score (nSPS) is 11.1. The summed E-state index contributed by atoms with van der Waals surface area (Å²) in [5, 5.41) is 6.82. The van der Waals surface area contributed by atoms with Gasteiger partial charge in [-0.1, -0.05) is 18.2 Å². The van der Waals surface area contributed by atoms with Crippen LogP contribution in [0.2, 0.25) is 0 Å². The summed E-state index contributed by atoms with van der Waals surface area (Å²) in [7, 11) is 0. The number of carbonyl (C=O) groups is 1. The lowest BCUT2D eigenvalue weighted by molar-refractivity contribution is 0.103. The topological polar surface area (TPSA) is 42.0 Å². The number of benzene rings is 1. The lowest BCUT2D eigenvalue weighted by atomic mass is 10.1. The molecule has 1 aromatic carbocycles. The van der Waals surface area contributed by atoms with Crippen LogP contribution in [0.25, 0.3) is 20.8 Å². The van der Waals surface area contributed by atoms with E-state index in [4.69, 9.17) is 4.98 Å². The van der Waals surface area contributed by atoms with Crippen molar-refractivity contribution in [2.24, 2.45) is 0 Å². The summed E-state index contributed by atoms with van der Waals surface area (Å²) in [4.78, 5) is 19.1. The van der Waals surface area contributed by atoms with Gasteiger partial charge in [-0.25, -0.2) is 4.98 Å². The fraction of sp³-hybridized carbons (Fsp3) is 0.111. The number of aryl methyl sites for hydroxylation is 1. The largest absolute Gasteiger partial charge is 0.312 e. The standard InChI is InChI=1S/C18H14N2OS3/c1-10-11(2)23-18(20-16(21)14-8-5-9-22-14)15(10)17-19-12-6-3-4-7-13(12)24-17/h3-9H,1-2H3,(H,20,21). The van der Waals surface area contributed by atoms with Crippen LogP contribution in [0, 0.1) is 13.8 Å². The lowest BCUT2D eigenvalue weighted by Gasteiger charge is -2.04. The van der Waals surface area contributed by atoms with Crippen molar-refractivity contribution in [3.8, 4) is 10.6 Å². The van der Waals surface area contributed by atoms with E-state index >= 15 is 0 Å². The molecule has 120 valence electrons. The molecule has 0 bridgehead atoms. The van der Waals surface area contributed by atoms with Crippen LogP contribution in [-0.2, 0) is 0 Å². The van der Waals surface area contributed by atoms with Gasteiger partial charge in [-0.05, 0) is 43.0 Å². The molecule has 0 radical (unpaired) electrons. The second-order valence-corrected chi connectivity index (χ2v) is 8.61. The number of carbonyl (C=O) groups excluding carboxylic acids is 1. The Kier molecular flexibility index (Phi) is 3.96. The van der Waals surface area contributed by atoms with Crippen molar-refractivity contribution in [1.29, 1.82) is 0 Å². The third kappa shape index (κ3) is 2.66. The highest BCUT2D eigenvalue weighted by Crippen LogP contribution is 2.43. The second kappa shape index (κ2) is 6.12. The molecule has 0 fully saturated rings. The molecule has 0 aliphatic carbocycles. The molecule has 0 spiro atoms. The Labute approximate surface area is 151 Å². The molecule has 0 aliphatic rings. The van der Waals surface area contributed by atoms with Gasteiger partial charge in [0.1, 0.15) is 10.0 Å². The highest BCUT2D eigenvalue weighted by molar-refractivity contribution is 7.23. The van der Waals surface area contributed by atoms with E-state index in [-0.39, 0.29) is 5.91 Å². The van der Waals surface area contributed by atoms with Gasteiger partial charge in [-0.3, -0.25) is 4.79 Å². The van der Waals surface area contributed by atoms with E-state index < -0.39 is 0 Å². The Bertz CT molecular complexity index is 995. The minimum absolute atomic E-state index is 0.0615. The van der Waals surface area contributed by atoms with E-state index in [1.54, 1.807) is 22.7 Å². The predicted molar refractivity (Wildman–Crippen MR) is 105 cm³/mol. The predicted octanol–water partition coefficient (Wildman–Crippen LogP) is 5.96. The third-order valence-corrected chi connectivity index (χ3v) is 6.91. The molecule has 1 N–H and O–H groups in total. The molecule has 0 unspecified atom stereocenters. The van der Waals surface area contributed by atoms with Crippen molar-refractivity contribution in [3.05, 3.63) is 57.1 Å². The van der Waals surface area contributed by atoms with E-state index in [0.29, 0.717) is 4.88 Å². The van der Waals surface area contributed by atoms with Crippen LogP contribution < -0.4 is 5.32 Å². The summed E-state index contributed by atoms with van der Waals surface area (Å²) in [6, 6.07) is 11.8. The summed E-state index contributed by atoms with van der Waals surface area (Å²) in [5.74, 6) is -0.0615. The number of fused-ring (bicyclic) bond motifs is 1. The van der Waals surface area contributed by atoms with Gasteiger partial charge in [-0.15, -0.1) is 34.0 Å². The van der Waals surface area contributed by atoms with Crippen LogP contribution in [0.15, 0.2) is 41.8 Å². The first-order valence-electron chi connectivity index (χ1n) is 7.44. The molecule has 3 aromatic heterocycles. The monoisotopic (exact) mass is 370 g/mol. The summed E-state index contributed by atoms with van der Waals surface area (Å²) < 4.78 is 1.16. The first-order valence-corrected chi connectivity index (χ1v) is 9.95. The van der Waals surface area contributed by atoms with Crippen molar-refractivity contribution < 1.29 is 4.79 Å². The number of amides is 1. The number of nitrogens with one attached hydrogen (secondary N) is 1. The van der Waals surface area contributed by atoms with Gasteiger partial charge >= 0.3 is 0 Å². The number of thiazole rings is 1. The van der Waals surface area contributed by atoms with Gasteiger partial charge in [0, 0.05) is 10.4 Å². The van der Waals surface area contributed by atoms with Crippen LogP contribution in [0.3, 0.4) is 0 Å². The number of hydrogen-bond acceptors (Lipinski definition) is 5. The molecule has 6 heteroatoms. The first-order chi connectivity index (χ1) is 11.6.